The average molecular weight is 917 g/mol. The standard InChI is InChI=1S/C66H68BN3/c1-43-36-60-62-61(37-43)70(57-33-29-47(64(6,7)8)39-51(57)45-22-16-13-17-23-45)59-42-53-52(65(9,10)34-35-66(53,11)12)41-55(59)67(62)54-31-30-50(68(48-24-18-14-19-25-48)49-26-20-15-21-27-49)40-58(54)69(60)56-32-28-46(38-44(56)2)63(3,4)5/h13-33,36-42H,34-35H2,1-12H3/i1D3. The van der Waals surface area contributed by atoms with Gasteiger partial charge in [-0.3, -0.25) is 0 Å². The van der Waals surface area contributed by atoms with Gasteiger partial charge in [0, 0.05) is 55.2 Å². The average Bonchev–Trinajstić information content (AvgIpc) is 3.35. The fourth-order valence-electron chi connectivity index (χ4n) is 11.7. The van der Waals surface area contributed by atoms with Crippen molar-refractivity contribution in [2.75, 3.05) is 14.7 Å². The molecule has 2 aliphatic heterocycles. The third-order valence-corrected chi connectivity index (χ3v) is 15.8. The van der Waals surface area contributed by atoms with E-state index in [9.17, 15) is 4.11 Å². The van der Waals surface area contributed by atoms with Gasteiger partial charge in [0.15, 0.2) is 0 Å². The van der Waals surface area contributed by atoms with E-state index in [1.54, 1.807) is 0 Å². The molecule has 0 saturated carbocycles. The third-order valence-electron chi connectivity index (χ3n) is 15.8. The Labute approximate surface area is 423 Å². The molecule has 0 saturated heterocycles. The van der Waals surface area contributed by atoms with Crippen LogP contribution in [-0.2, 0) is 21.7 Å². The molecule has 2 heterocycles. The third kappa shape index (κ3) is 7.57. The van der Waals surface area contributed by atoms with Crippen molar-refractivity contribution in [1.29, 1.82) is 0 Å². The molecule has 0 amide bonds. The molecule has 4 heteroatoms. The molecule has 0 atom stereocenters. The predicted molar refractivity (Wildman–Crippen MR) is 303 cm³/mol. The summed E-state index contributed by atoms with van der Waals surface area (Å²) in [7, 11) is 0. The number of hydrogen-bond donors (Lipinski definition) is 0. The van der Waals surface area contributed by atoms with E-state index >= 15 is 0 Å². The number of anilines is 9. The van der Waals surface area contributed by atoms with E-state index in [4.69, 9.17) is 0 Å². The summed E-state index contributed by atoms with van der Waals surface area (Å²) in [6, 6.07) is 61.8. The van der Waals surface area contributed by atoms with E-state index in [-0.39, 0.29) is 28.4 Å². The summed E-state index contributed by atoms with van der Waals surface area (Å²) in [5.74, 6) is 0. The van der Waals surface area contributed by atoms with Gasteiger partial charge in [-0.2, -0.15) is 0 Å². The quantitative estimate of drug-likeness (QED) is 0.154. The second-order valence-electron chi connectivity index (χ2n) is 23.6. The highest BCUT2D eigenvalue weighted by Crippen LogP contribution is 2.53. The highest BCUT2D eigenvalue weighted by molar-refractivity contribution is 7.00. The van der Waals surface area contributed by atoms with Gasteiger partial charge in [0.25, 0.3) is 6.71 Å². The van der Waals surface area contributed by atoms with Crippen LogP contribution in [0.1, 0.15) is 120 Å². The lowest BCUT2D eigenvalue weighted by atomic mass is 9.33. The molecule has 11 rings (SSSR count). The fourth-order valence-corrected chi connectivity index (χ4v) is 11.7. The van der Waals surface area contributed by atoms with Crippen LogP contribution in [0.15, 0.2) is 170 Å². The molecule has 8 aromatic carbocycles. The molecule has 0 unspecified atom stereocenters. The Hall–Kier alpha value is -6.78. The second kappa shape index (κ2) is 16.4. The van der Waals surface area contributed by atoms with Crippen LogP contribution >= 0.6 is 0 Å². The molecular formula is C66H68BN3. The van der Waals surface area contributed by atoms with Crippen molar-refractivity contribution in [3.05, 3.63) is 203 Å². The maximum Gasteiger partial charge on any atom is 0.252 e. The van der Waals surface area contributed by atoms with E-state index in [1.165, 1.54) is 33.2 Å². The van der Waals surface area contributed by atoms with E-state index in [0.29, 0.717) is 5.56 Å². The van der Waals surface area contributed by atoms with Gasteiger partial charge in [0.2, 0.25) is 0 Å². The summed E-state index contributed by atoms with van der Waals surface area (Å²) < 4.78 is 27.8. The predicted octanol–water partition coefficient (Wildman–Crippen LogP) is 16.5. The molecule has 0 fully saturated rings. The number of benzene rings is 8. The van der Waals surface area contributed by atoms with Crippen LogP contribution in [0.25, 0.3) is 11.1 Å². The maximum absolute atomic E-state index is 9.26. The zero-order valence-electron chi connectivity index (χ0n) is 46.0. The van der Waals surface area contributed by atoms with Crippen molar-refractivity contribution >= 4 is 74.3 Å². The zero-order valence-corrected chi connectivity index (χ0v) is 43.0. The summed E-state index contributed by atoms with van der Waals surface area (Å²) in [4.78, 5) is 7.18. The molecule has 0 aromatic heterocycles. The molecule has 3 nitrogen and oxygen atoms in total. The fraction of sp³-hybridized carbons (Fsp3) is 0.273. The first-order chi connectivity index (χ1) is 34.5. The van der Waals surface area contributed by atoms with Crippen molar-refractivity contribution in [3.63, 3.8) is 0 Å². The first kappa shape index (κ1) is 42.1. The van der Waals surface area contributed by atoms with E-state index in [2.05, 4.69) is 249 Å². The van der Waals surface area contributed by atoms with Crippen LogP contribution in [0.3, 0.4) is 0 Å². The van der Waals surface area contributed by atoms with Crippen LogP contribution in [-0.4, -0.2) is 6.71 Å². The van der Waals surface area contributed by atoms with Gasteiger partial charge in [0.1, 0.15) is 0 Å². The summed E-state index contributed by atoms with van der Waals surface area (Å²) in [5, 5.41) is 0. The minimum absolute atomic E-state index is 0.0618. The molecular weight excluding hydrogens is 846 g/mol. The minimum atomic E-state index is -2.41. The van der Waals surface area contributed by atoms with E-state index in [1.807, 2.05) is 12.1 Å². The van der Waals surface area contributed by atoms with Gasteiger partial charge in [-0.25, -0.2) is 0 Å². The van der Waals surface area contributed by atoms with Gasteiger partial charge in [0.05, 0.1) is 5.69 Å². The first-order valence-corrected chi connectivity index (χ1v) is 25.3. The van der Waals surface area contributed by atoms with Crippen LogP contribution < -0.4 is 31.1 Å². The molecule has 350 valence electrons. The van der Waals surface area contributed by atoms with Crippen LogP contribution in [0, 0.1) is 13.8 Å². The lowest BCUT2D eigenvalue weighted by molar-refractivity contribution is 0.332. The molecule has 8 aromatic rings. The van der Waals surface area contributed by atoms with Crippen molar-refractivity contribution in [1.82, 2.24) is 0 Å². The topological polar surface area (TPSA) is 9.72 Å². The maximum atomic E-state index is 9.26. The molecule has 3 aliphatic rings. The SMILES string of the molecule is [2H]C([2H])([2H])c1cc2c3c(c1)N(c1ccc(C(C)(C)C)cc1-c1ccccc1)c1cc4c(cc1B3c1ccc(N(c3ccccc3)c3ccccc3)cc1N2c1ccc(C(C)(C)C)cc1C)C(C)(C)CCC4(C)C. The zero-order chi connectivity index (χ0) is 51.6. The second-order valence-corrected chi connectivity index (χ2v) is 23.6. The minimum Gasteiger partial charge on any atom is -0.311 e. The highest BCUT2D eigenvalue weighted by Gasteiger charge is 2.47. The summed E-state index contributed by atoms with van der Waals surface area (Å²) >= 11 is 0. The van der Waals surface area contributed by atoms with Gasteiger partial charge in [-0.05, 0) is 176 Å². The van der Waals surface area contributed by atoms with Crippen LogP contribution in [0.5, 0.6) is 0 Å². The number of para-hydroxylation sites is 2. The molecule has 0 spiro atoms. The van der Waals surface area contributed by atoms with Crippen LogP contribution in [0.2, 0.25) is 0 Å². The van der Waals surface area contributed by atoms with E-state index < -0.39 is 6.85 Å². The Morgan fingerprint density at radius 2 is 1.00 bits per heavy atom. The van der Waals surface area contributed by atoms with Crippen molar-refractivity contribution in [3.8, 4) is 11.1 Å². The molecule has 70 heavy (non-hydrogen) atoms. The van der Waals surface area contributed by atoms with Gasteiger partial charge in [-0.15, -0.1) is 0 Å². The van der Waals surface area contributed by atoms with E-state index in [0.717, 1.165) is 86.2 Å². The number of rotatable bonds is 6. The summed E-state index contributed by atoms with van der Waals surface area (Å²) in [5.41, 5.74) is 21.2. The van der Waals surface area contributed by atoms with Gasteiger partial charge < -0.3 is 14.7 Å². The Morgan fingerprint density at radius 1 is 0.486 bits per heavy atom. The molecule has 0 radical (unpaired) electrons. The molecule has 0 N–H and O–H groups in total. The Kier molecular flexibility index (Phi) is 9.88. The van der Waals surface area contributed by atoms with Crippen molar-refractivity contribution in [2.24, 2.45) is 0 Å². The van der Waals surface area contributed by atoms with Gasteiger partial charge >= 0.3 is 0 Å². The van der Waals surface area contributed by atoms with Crippen molar-refractivity contribution in [2.45, 2.75) is 118 Å². The highest BCUT2D eigenvalue weighted by atomic mass is 15.2. The molecule has 0 bridgehead atoms. The number of fused-ring (bicyclic) bond motifs is 5. The largest absolute Gasteiger partial charge is 0.311 e. The lowest BCUT2D eigenvalue weighted by Crippen LogP contribution is -2.62. The monoisotopic (exact) mass is 917 g/mol. The molecule has 1 aliphatic carbocycles. The van der Waals surface area contributed by atoms with Gasteiger partial charge in [-0.1, -0.05) is 166 Å². The Bertz CT molecular complexity index is 3400. The summed E-state index contributed by atoms with van der Waals surface area (Å²) in [6.07, 6.45) is 2.16. The summed E-state index contributed by atoms with van der Waals surface area (Å²) in [6.45, 7) is 22.8. The normalized spacial score (nSPS) is 16.3. The smallest absolute Gasteiger partial charge is 0.252 e. The first-order valence-electron chi connectivity index (χ1n) is 26.8. The Morgan fingerprint density at radius 3 is 1.56 bits per heavy atom. The number of nitrogens with zero attached hydrogens (tertiary/aromatic N) is 3. The van der Waals surface area contributed by atoms with Crippen LogP contribution in [0.4, 0.5) is 51.2 Å². The lowest BCUT2D eigenvalue weighted by Gasteiger charge is -2.48. The number of aryl methyl sites for hydroxylation is 2. The Balaban J connectivity index is 1.29. The van der Waals surface area contributed by atoms with Crippen molar-refractivity contribution < 1.29 is 4.11 Å². The number of hydrogen-bond acceptors (Lipinski definition) is 3.